The Labute approximate surface area is 163 Å². The summed E-state index contributed by atoms with van der Waals surface area (Å²) in [5, 5.41) is 2.62. The van der Waals surface area contributed by atoms with Crippen LogP contribution in [-0.4, -0.2) is 14.3 Å². The van der Waals surface area contributed by atoms with Gasteiger partial charge in [-0.1, -0.05) is 24.3 Å². The van der Waals surface area contributed by atoms with E-state index in [1.807, 2.05) is 6.07 Å². The molecule has 2 N–H and O–H groups in total. The van der Waals surface area contributed by atoms with Gasteiger partial charge in [-0.05, 0) is 67.4 Å². The largest absolute Gasteiger partial charge is 0.322 e. The molecular formula is C21H19FN2O3S. The van der Waals surface area contributed by atoms with Gasteiger partial charge in [0.2, 0.25) is 0 Å². The number of sulfonamides is 1. The Hall–Kier alpha value is -3.19. The highest BCUT2D eigenvalue weighted by Gasteiger charge is 2.20. The van der Waals surface area contributed by atoms with Crippen LogP contribution in [0.1, 0.15) is 21.5 Å². The zero-order valence-corrected chi connectivity index (χ0v) is 16.2. The van der Waals surface area contributed by atoms with Crippen molar-refractivity contribution in [1.29, 1.82) is 0 Å². The van der Waals surface area contributed by atoms with Crippen LogP contribution < -0.4 is 10.0 Å². The first-order valence-corrected chi connectivity index (χ1v) is 10.0. The predicted molar refractivity (Wildman–Crippen MR) is 108 cm³/mol. The monoisotopic (exact) mass is 398 g/mol. The molecule has 0 unspecified atom stereocenters. The van der Waals surface area contributed by atoms with Crippen LogP contribution in [0, 0.1) is 19.7 Å². The molecule has 1 amide bonds. The van der Waals surface area contributed by atoms with Crippen LogP contribution in [-0.2, 0) is 10.0 Å². The zero-order valence-electron chi connectivity index (χ0n) is 15.4. The van der Waals surface area contributed by atoms with E-state index in [0.717, 1.165) is 5.56 Å². The van der Waals surface area contributed by atoms with Gasteiger partial charge in [-0.2, -0.15) is 0 Å². The van der Waals surface area contributed by atoms with Crippen molar-refractivity contribution in [2.24, 2.45) is 0 Å². The molecule has 0 heterocycles. The Balaban J connectivity index is 1.89. The number of halogens is 1. The minimum atomic E-state index is -3.88. The number of nitrogens with one attached hydrogen (secondary N) is 2. The molecule has 0 bridgehead atoms. The first kappa shape index (κ1) is 19.6. The minimum absolute atomic E-state index is 0.0162. The van der Waals surface area contributed by atoms with Crippen molar-refractivity contribution in [3.63, 3.8) is 0 Å². The molecule has 0 aromatic heterocycles. The maximum absolute atomic E-state index is 13.0. The van der Waals surface area contributed by atoms with E-state index in [4.69, 9.17) is 0 Å². The molecule has 7 heteroatoms. The second-order valence-electron chi connectivity index (χ2n) is 6.36. The van der Waals surface area contributed by atoms with Crippen molar-refractivity contribution in [3.8, 4) is 0 Å². The number of rotatable bonds is 5. The fourth-order valence-electron chi connectivity index (χ4n) is 2.65. The fraction of sp³-hybridized carbons (Fsp3) is 0.0952. The molecule has 3 aromatic rings. The van der Waals surface area contributed by atoms with Crippen LogP contribution >= 0.6 is 0 Å². The van der Waals surface area contributed by atoms with E-state index in [9.17, 15) is 17.6 Å². The number of aryl methyl sites for hydroxylation is 2. The van der Waals surface area contributed by atoms with Crippen molar-refractivity contribution in [2.45, 2.75) is 18.7 Å². The van der Waals surface area contributed by atoms with E-state index in [1.54, 1.807) is 44.2 Å². The topological polar surface area (TPSA) is 75.3 Å². The van der Waals surface area contributed by atoms with Gasteiger partial charge in [-0.25, -0.2) is 12.8 Å². The summed E-state index contributed by atoms with van der Waals surface area (Å²) in [6.45, 7) is 3.46. The average molecular weight is 398 g/mol. The van der Waals surface area contributed by atoms with Gasteiger partial charge in [0.1, 0.15) is 5.82 Å². The lowest BCUT2D eigenvalue weighted by atomic mass is 10.1. The van der Waals surface area contributed by atoms with Crippen LogP contribution in [0.5, 0.6) is 0 Å². The summed E-state index contributed by atoms with van der Waals surface area (Å²) in [6, 6.07) is 16.8. The quantitative estimate of drug-likeness (QED) is 0.665. The number of hydrogen-bond acceptors (Lipinski definition) is 3. The lowest BCUT2D eigenvalue weighted by molar-refractivity contribution is 0.102. The normalized spacial score (nSPS) is 11.1. The number of carbonyl (C=O) groups excluding carboxylic acids is 1. The van der Waals surface area contributed by atoms with Gasteiger partial charge in [-0.15, -0.1) is 0 Å². The Kier molecular flexibility index (Phi) is 5.46. The van der Waals surface area contributed by atoms with Crippen molar-refractivity contribution in [3.05, 3.63) is 89.2 Å². The fourth-order valence-corrected chi connectivity index (χ4v) is 4.06. The Morgan fingerprint density at radius 2 is 1.57 bits per heavy atom. The van der Waals surface area contributed by atoms with Crippen LogP contribution in [0.3, 0.4) is 0 Å². The van der Waals surface area contributed by atoms with Gasteiger partial charge in [-0.3, -0.25) is 9.52 Å². The molecule has 0 spiro atoms. The number of amides is 1. The maximum atomic E-state index is 13.0. The van der Waals surface area contributed by atoms with Crippen molar-refractivity contribution < 1.29 is 17.6 Å². The highest BCUT2D eigenvalue weighted by molar-refractivity contribution is 7.92. The van der Waals surface area contributed by atoms with Crippen LogP contribution in [0.25, 0.3) is 0 Å². The van der Waals surface area contributed by atoms with Gasteiger partial charge in [0.15, 0.2) is 0 Å². The first-order valence-electron chi connectivity index (χ1n) is 8.52. The van der Waals surface area contributed by atoms with Crippen molar-refractivity contribution in [1.82, 2.24) is 0 Å². The SMILES string of the molecule is Cc1ccccc1NS(=O)(=O)c1cc(C(=O)Nc2ccc(F)cc2)ccc1C. The molecule has 28 heavy (non-hydrogen) atoms. The molecule has 0 aliphatic heterocycles. The van der Waals surface area contributed by atoms with E-state index in [-0.39, 0.29) is 10.5 Å². The van der Waals surface area contributed by atoms with E-state index >= 15 is 0 Å². The molecule has 0 saturated heterocycles. The summed E-state index contributed by atoms with van der Waals surface area (Å²) in [7, 11) is -3.88. The Bertz CT molecular complexity index is 1130. The molecule has 144 valence electrons. The molecule has 5 nitrogen and oxygen atoms in total. The average Bonchev–Trinajstić information content (AvgIpc) is 2.65. The van der Waals surface area contributed by atoms with Crippen molar-refractivity contribution >= 4 is 27.3 Å². The number of benzene rings is 3. The second-order valence-corrected chi connectivity index (χ2v) is 8.01. The van der Waals surface area contributed by atoms with Gasteiger partial charge < -0.3 is 5.32 Å². The van der Waals surface area contributed by atoms with Gasteiger partial charge in [0.25, 0.3) is 15.9 Å². The molecule has 3 aromatic carbocycles. The molecular weight excluding hydrogens is 379 g/mol. The van der Waals surface area contributed by atoms with Crippen LogP contribution in [0.2, 0.25) is 0 Å². The molecule has 0 fully saturated rings. The highest BCUT2D eigenvalue weighted by atomic mass is 32.2. The van der Waals surface area contributed by atoms with Crippen molar-refractivity contribution in [2.75, 3.05) is 10.0 Å². The molecule has 0 saturated carbocycles. The third kappa shape index (κ3) is 4.37. The number of anilines is 2. The molecule has 0 radical (unpaired) electrons. The molecule has 0 atom stereocenters. The third-order valence-electron chi connectivity index (χ3n) is 4.23. The summed E-state index contributed by atoms with van der Waals surface area (Å²) in [4.78, 5) is 12.5. The summed E-state index contributed by atoms with van der Waals surface area (Å²) in [5.41, 5.74) is 2.37. The maximum Gasteiger partial charge on any atom is 0.262 e. The van der Waals surface area contributed by atoms with E-state index in [1.165, 1.54) is 30.3 Å². The summed E-state index contributed by atoms with van der Waals surface area (Å²) in [6.07, 6.45) is 0. The molecule has 0 aliphatic rings. The lowest BCUT2D eigenvalue weighted by Crippen LogP contribution is -2.17. The summed E-state index contributed by atoms with van der Waals surface area (Å²) >= 11 is 0. The smallest absolute Gasteiger partial charge is 0.262 e. The summed E-state index contributed by atoms with van der Waals surface area (Å²) < 4.78 is 41.3. The second kappa shape index (κ2) is 7.82. The third-order valence-corrected chi connectivity index (χ3v) is 5.74. The molecule has 3 rings (SSSR count). The highest BCUT2D eigenvalue weighted by Crippen LogP contribution is 2.23. The predicted octanol–water partition coefficient (Wildman–Crippen LogP) is 4.50. The number of carbonyl (C=O) groups is 1. The number of para-hydroxylation sites is 1. The standard InChI is InChI=1S/C21H19FN2O3S/c1-14-5-3-4-6-19(14)24-28(26,27)20-13-16(8-7-15(20)2)21(25)23-18-11-9-17(22)10-12-18/h3-13,24H,1-2H3,(H,23,25). The Morgan fingerprint density at radius 3 is 2.25 bits per heavy atom. The minimum Gasteiger partial charge on any atom is -0.322 e. The first-order chi connectivity index (χ1) is 13.3. The van der Waals surface area contributed by atoms with Gasteiger partial charge >= 0.3 is 0 Å². The van der Waals surface area contributed by atoms with E-state index in [0.29, 0.717) is 16.9 Å². The summed E-state index contributed by atoms with van der Waals surface area (Å²) in [5.74, 6) is -0.900. The van der Waals surface area contributed by atoms with Gasteiger partial charge in [0, 0.05) is 11.3 Å². The lowest BCUT2D eigenvalue weighted by Gasteiger charge is -2.13. The van der Waals surface area contributed by atoms with Crippen LogP contribution in [0.15, 0.2) is 71.6 Å². The Morgan fingerprint density at radius 1 is 0.893 bits per heavy atom. The number of hydrogen-bond donors (Lipinski definition) is 2. The van der Waals surface area contributed by atoms with E-state index < -0.39 is 21.7 Å². The molecule has 0 aliphatic carbocycles. The zero-order chi connectivity index (χ0) is 20.3. The van der Waals surface area contributed by atoms with Gasteiger partial charge in [0.05, 0.1) is 10.6 Å². The van der Waals surface area contributed by atoms with Crippen LogP contribution in [0.4, 0.5) is 15.8 Å². The van der Waals surface area contributed by atoms with E-state index in [2.05, 4.69) is 10.0 Å².